The van der Waals surface area contributed by atoms with E-state index in [2.05, 4.69) is 224 Å². The number of para-hydroxylation sites is 2. The summed E-state index contributed by atoms with van der Waals surface area (Å²) in [5.74, 6) is 8.25. The highest BCUT2D eigenvalue weighted by molar-refractivity contribution is 6.10. The molecule has 8 aromatic carbocycles. The number of ether oxygens (including phenoxy) is 1. The normalized spacial score (nSPS) is 14.9. The first-order valence-corrected chi connectivity index (χ1v) is 21.0. The van der Waals surface area contributed by atoms with E-state index in [1.807, 2.05) is 18.2 Å². The highest BCUT2D eigenvalue weighted by Crippen LogP contribution is 2.52. The maximum Gasteiger partial charge on any atom is 0.131 e. The number of anilines is 2. The number of rotatable bonds is 5. The standard InChI is InChI=1S/C31H19NO.C27H23N/c1-3-9-23(10-4-1)32-28-13-8-7-11-24(28)26-19-21(15-17-29(26)32)22-16-18-31-27(20-22)25-12-5-2-6-14-30(25)33-31;1-27(2)23-15-7-6-14-22(23)26-24(27)16-9-17-25(26)28-21-13-8-12-20(18-21)19-10-4-3-5-11-19/h1-4,6-11,13-20,25H;3-18,28H,1-2H3. The van der Waals surface area contributed by atoms with E-state index in [1.54, 1.807) is 0 Å². The molecule has 1 aromatic heterocycles. The number of allylic oxidation sites excluding steroid dienone is 4. The molecule has 3 aliphatic rings. The van der Waals surface area contributed by atoms with Crippen molar-refractivity contribution in [2.24, 2.45) is 0 Å². The third-order valence-electron chi connectivity index (χ3n) is 12.4. The Morgan fingerprint density at radius 3 is 2.15 bits per heavy atom. The van der Waals surface area contributed by atoms with Gasteiger partial charge < -0.3 is 14.6 Å². The molecule has 0 saturated heterocycles. The van der Waals surface area contributed by atoms with E-state index in [1.165, 1.54) is 77.7 Å². The van der Waals surface area contributed by atoms with Gasteiger partial charge in [-0.1, -0.05) is 159 Å². The zero-order valence-corrected chi connectivity index (χ0v) is 34.1. The quantitative estimate of drug-likeness (QED) is 0.176. The zero-order chi connectivity index (χ0) is 40.9. The van der Waals surface area contributed by atoms with Crippen LogP contribution < -0.4 is 10.1 Å². The Labute approximate surface area is 356 Å². The minimum Gasteiger partial charge on any atom is -0.460 e. The van der Waals surface area contributed by atoms with Crippen molar-refractivity contribution in [3.05, 3.63) is 229 Å². The van der Waals surface area contributed by atoms with Gasteiger partial charge in [-0.3, -0.25) is 0 Å². The molecule has 1 unspecified atom stereocenters. The Balaban J connectivity index is 0.000000140. The average molecular weight is 783 g/mol. The van der Waals surface area contributed by atoms with Crippen molar-refractivity contribution in [3.63, 3.8) is 0 Å². The van der Waals surface area contributed by atoms with Crippen LogP contribution in [0.25, 0.3) is 60.9 Å². The van der Waals surface area contributed by atoms with Gasteiger partial charge in [-0.2, -0.15) is 0 Å². The first-order chi connectivity index (χ1) is 30.0. The van der Waals surface area contributed by atoms with E-state index in [-0.39, 0.29) is 11.3 Å². The number of hydrogen-bond acceptors (Lipinski definition) is 2. The fraction of sp³-hybridized carbons (Fsp3) is 0.0690. The summed E-state index contributed by atoms with van der Waals surface area (Å²) in [6.45, 7) is 4.63. The van der Waals surface area contributed by atoms with E-state index < -0.39 is 0 Å². The molecule has 1 aliphatic heterocycles. The molecule has 0 radical (unpaired) electrons. The molecule has 290 valence electrons. The molecule has 9 aromatic rings. The summed E-state index contributed by atoms with van der Waals surface area (Å²) in [5.41, 5.74) is 17.3. The molecule has 0 spiro atoms. The molecule has 1 atom stereocenters. The fourth-order valence-electron chi connectivity index (χ4n) is 9.42. The van der Waals surface area contributed by atoms with Crippen molar-refractivity contribution in [2.45, 2.75) is 25.2 Å². The van der Waals surface area contributed by atoms with E-state index in [0.29, 0.717) is 0 Å². The average Bonchev–Trinajstić information content (AvgIpc) is 3.83. The summed E-state index contributed by atoms with van der Waals surface area (Å²) in [5, 5.41) is 6.20. The smallest absolute Gasteiger partial charge is 0.131 e. The van der Waals surface area contributed by atoms with Crippen LogP contribution in [0.15, 0.2) is 212 Å². The lowest BCUT2D eigenvalue weighted by Crippen LogP contribution is -2.14. The number of nitrogens with zero attached hydrogens (tertiary/aromatic N) is 1. The molecule has 0 saturated carbocycles. The molecule has 0 fully saturated rings. The number of fused-ring (bicyclic) bond motifs is 9. The van der Waals surface area contributed by atoms with E-state index in [9.17, 15) is 0 Å². The van der Waals surface area contributed by atoms with Gasteiger partial charge in [-0.05, 0) is 112 Å². The van der Waals surface area contributed by atoms with Crippen molar-refractivity contribution in [1.29, 1.82) is 0 Å². The summed E-state index contributed by atoms with van der Waals surface area (Å²) in [6.07, 6.45) is 5.82. The first kappa shape index (κ1) is 36.3. The van der Waals surface area contributed by atoms with E-state index >= 15 is 0 Å². The van der Waals surface area contributed by atoms with E-state index in [4.69, 9.17) is 4.74 Å². The van der Waals surface area contributed by atoms with Crippen LogP contribution in [-0.4, -0.2) is 4.57 Å². The van der Waals surface area contributed by atoms with Crippen molar-refractivity contribution in [2.75, 3.05) is 5.32 Å². The Bertz CT molecular complexity index is 3280. The monoisotopic (exact) mass is 782 g/mol. The van der Waals surface area contributed by atoms with Gasteiger partial charge >= 0.3 is 0 Å². The molecular formula is C58H42N2O. The van der Waals surface area contributed by atoms with Crippen molar-refractivity contribution >= 4 is 33.2 Å². The lowest BCUT2D eigenvalue weighted by Gasteiger charge is -2.21. The van der Waals surface area contributed by atoms with Crippen LogP contribution in [0.2, 0.25) is 0 Å². The molecule has 0 bridgehead atoms. The Kier molecular flexibility index (Phi) is 8.80. The summed E-state index contributed by atoms with van der Waals surface area (Å²) in [6, 6.07) is 67.0. The largest absolute Gasteiger partial charge is 0.460 e. The van der Waals surface area contributed by atoms with Crippen LogP contribution in [0.4, 0.5) is 11.4 Å². The van der Waals surface area contributed by atoms with Crippen molar-refractivity contribution in [1.82, 2.24) is 4.57 Å². The SMILES string of the molecule is C1#CC2C(=CC=C1)Oc1ccc(-c3ccc4c(c3)c3ccccc3n4-c3ccccc3)cc12.CC1(C)c2ccccc2-c2c(Nc3cccc(-c4ccccc4)c3)cccc21. The van der Waals surface area contributed by atoms with Crippen LogP contribution in [0.1, 0.15) is 36.5 Å². The summed E-state index contributed by atoms with van der Waals surface area (Å²) < 4.78 is 8.41. The molecule has 1 N–H and O–H groups in total. The Morgan fingerprint density at radius 1 is 0.574 bits per heavy atom. The van der Waals surface area contributed by atoms with Gasteiger partial charge in [0.05, 0.1) is 11.0 Å². The van der Waals surface area contributed by atoms with Gasteiger partial charge in [0, 0.05) is 44.4 Å². The van der Waals surface area contributed by atoms with Crippen LogP contribution in [0.3, 0.4) is 0 Å². The second-order valence-electron chi connectivity index (χ2n) is 16.4. The van der Waals surface area contributed by atoms with Crippen molar-refractivity contribution < 1.29 is 4.74 Å². The minimum absolute atomic E-state index is 0.00123. The molecule has 2 aliphatic carbocycles. The predicted molar refractivity (Wildman–Crippen MR) is 254 cm³/mol. The van der Waals surface area contributed by atoms with Crippen LogP contribution in [0.5, 0.6) is 5.75 Å². The van der Waals surface area contributed by atoms with E-state index in [0.717, 1.165) is 22.8 Å². The minimum atomic E-state index is -0.00123. The summed E-state index contributed by atoms with van der Waals surface area (Å²) >= 11 is 0. The fourth-order valence-corrected chi connectivity index (χ4v) is 9.42. The van der Waals surface area contributed by atoms with Gasteiger partial charge in [0.1, 0.15) is 17.4 Å². The van der Waals surface area contributed by atoms with Gasteiger partial charge in [-0.25, -0.2) is 0 Å². The zero-order valence-electron chi connectivity index (χ0n) is 34.1. The number of hydrogen-bond donors (Lipinski definition) is 1. The molecule has 0 amide bonds. The molecule has 12 rings (SSSR count). The second-order valence-corrected chi connectivity index (χ2v) is 16.4. The lowest BCUT2D eigenvalue weighted by atomic mass is 9.82. The summed E-state index contributed by atoms with van der Waals surface area (Å²) in [4.78, 5) is 0. The van der Waals surface area contributed by atoms with Gasteiger partial charge in [-0.15, -0.1) is 0 Å². The second kappa shape index (κ2) is 14.8. The molecule has 61 heavy (non-hydrogen) atoms. The number of benzene rings is 8. The molecular weight excluding hydrogens is 741 g/mol. The van der Waals surface area contributed by atoms with Crippen molar-refractivity contribution in [3.8, 4) is 56.7 Å². The lowest BCUT2D eigenvalue weighted by molar-refractivity contribution is 0.440. The van der Waals surface area contributed by atoms with Gasteiger partial charge in [0.15, 0.2) is 0 Å². The van der Waals surface area contributed by atoms with Gasteiger partial charge in [0.25, 0.3) is 0 Å². The van der Waals surface area contributed by atoms with Crippen LogP contribution >= 0.6 is 0 Å². The first-order valence-electron chi connectivity index (χ1n) is 21.0. The highest BCUT2D eigenvalue weighted by Gasteiger charge is 2.36. The Morgan fingerprint density at radius 2 is 1.26 bits per heavy atom. The van der Waals surface area contributed by atoms with Gasteiger partial charge in [0.2, 0.25) is 0 Å². The van der Waals surface area contributed by atoms with Crippen LogP contribution in [0, 0.1) is 11.8 Å². The molecule has 2 heterocycles. The highest BCUT2D eigenvalue weighted by atomic mass is 16.5. The third kappa shape index (κ3) is 6.33. The predicted octanol–water partition coefficient (Wildman–Crippen LogP) is 14.8. The third-order valence-corrected chi connectivity index (χ3v) is 12.4. The number of aromatic nitrogens is 1. The number of nitrogens with one attached hydrogen (secondary N) is 1. The summed E-state index contributed by atoms with van der Waals surface area (Å²) in [7, 11) is 0. The Hall–Kier alpha value is -7.80. The topological polar surface area (TPSA) is 26.2 Å². The maximum absolute atomic E-state index is 6.07. The molecule has 3 nitrogen and oxygen atoms in total. The maximum atomic E-state index is 6.07. The van der Waals surface area contributed by atoms with Crippen LogP contribution in [-0.2, 0) is 5.41 Å². The molecule has 3 heteroatoms.